The molecule has 3 heteroatoms. The second kappa shape index (κ2) is 4.40. The Bertz CT molecular complexity index is 746. The number of hydrogen-bond acceptors (Lipinski definition) is 3. The van der Waals surface area contributed by atoms with Crippen molar-refractivity contribution in [3.05, 3.63) is 64.7 Å². The van der Waals surface area contributed by atoms with Gasteiger partial charge in [-0.25, -0.2) is 4.98 Å². The maximum absolute atomic E-state index is 11.0. The molecule has 1 unspecified atom stereocenters. The molecule has 1 aliphatic rings. The normalized spacial score (nSPS) is 21.2. The van der Waals surface area contributed by atoms with Crippen molar-refractivity contribution >= 4 is 21.6 Å². The zero-order valence-electron chi connectivity index (χ0n) is 11.0. The van der Waals surface area contributed by atoms with E-state index in [-0.39, 0.29) is 0 Å². The van der Waals surface area contributed by atoms with Crippen molar-refractivity contribution < 1.29 is 5.11 Å². The number of aryl methyl sites for hydroxylation is 1. The number of hydrogen-bond donors (Lipinski definition) is 1. The monoisotopic (exact) mass is 281 g/mol. The summed E-state index contributed by atoms with van der Waals surface area (Å²) in [6.07, 6.45) is 2.36. The second-order valence-electron chi connectivity index (χ2n) is 5.44. The van der Waals surface area contributed by atoms with Gasteiger partial charge in [-0.2, -0.15) is 0 Å². The number of rotatable bonds is 2. The van der Waals surface area contributed by atoms with Crippen LogP contribution in [0.1, 0.15) is 22.6 Å². The quantitative estimate of drug-likeness (QED) is 0.777. The van der Waals surface area contributed by atoms with Gasteiger partial charge in [-0.1, -0.05) is 36.4 Å². The van der Waals surface area contributed by atoms with Gasteiger partial charge < -0.3 is 5.11 Å². The molecule has 0 bridgehead atoms. The standard InChI is InChI=1S/C17H15NOS/c19-17(10-9-12-5-1-2-6-13(12)17)11-16-18-14-7-3-4-8-15(14)20-16/h1-8,19H,9-11H2. The molecule has 100 valence electrons. The summed E-state index contributed by atoms with van der Waals surface area (Å²) in [5.74, 6) is 0. The van der Waals surface area contributed by atoms with Crippen LogP contribution in [0.4, 0.5) is 0 Å². The summed E-state index contributed by atoms with van der Waals surface area (Å²) in [6, 6.07) is 16.4. The third-order valence-electron chi connectivity index (χ3n) is 4.11. The predicted molar refractivity (Wildman–Crippen MR) is 82.0 cm³/mol. The molecule has 1 heterocycles. The Morgan fingerprint density at radius 3 is 2.80 bits per heavy atom. The number of thiazole rings is 1. The highest BCUT2D eigenvalue weighted by Crippen LogP contribution is 2.40. The number of aromatic nitrogens is 1. The average molecular weight is 281 g/mol. The van der Waals surface area contributed by atoms with E-state index in [1.54, 1.807) is 11.3 Å². The van der Waals surface area contributed by atoms with Crippen LogP contribution in [0.15, 0.2) is 48.5 Å². The predicted octanol–water partition coefficient (Wildman–Crippen LogP) is 3.67. The van der Waals surface area contributed by atoms with Crippen LogP contribution in [0.3, 0.4) is 0 Å². The van der Waals surface area contributed by atoms with E-state index in [2.05, 4.69) is 23.2 Å². The number of para-hydroxylation sites is 1. The lowest BCUT2D eigenvalue weighted by Crippen LogP contribution is -2.25. The molecule has 0 radical (unpaired) electrons. The molecular formula is C17H15NOS. The molecule has 0 saturated heterocycles. The van der Waals surface area contributed by atoms with Crippen LogP contribution >= 0.6 is 11.3 Å². The van der Waals surface area contributed by atoms with Gasteiger partial charge in [0.05, 0.1) is 20.8 Å². The zero-order valence-corrected chi connectivity index (χ0v) is 11.9. The minimum Gasteiger partial charge on any atom is -0.385 e. The number of aliphatic hydroxyl groups is 1. The van der Waals surface area contributed by atoms with Crippen LogP contribution in [0.25, 0.3) is 10.2 Å². The molecule has 0 fully saturated rings. The van der Waals surface area contributed by atoms with Crippen molar-refractivity contribution in [2.75, 3.05) is 0 Å². The highest BCUT2D eigenvalue weighted by Gasteiger charge is 2.37. The number of nitrogens with zero attached hydrogens (tertiary/aromatic N) is 1. The Kier molecular flexibility index (Phi) is 2.65. The Morgan fingerprint density at radius 1 is 1.10 bits per heavy atom. The zero-order chi connectivity index (χ0) is 13.6. The third-order valence-corrected chi connectivity index (χ3v) is 5.14. The molecule has 2 nitrogen and oxygen atoms in total. The van der Waals surface area contributed by atoms with Crippen molar-refractivity contribution in [1.29, 1.82) is 0 Å². The van der Waals surface area contributed by atoms with Crippen molar-refractivity contribution in [2.45, 2.75) is 24.9 Å². The molecule has 4 rings (SSSR count). The fourth-order valence-electron chi connectivity index (χ4n) is 3.10. The lowest BCUT2D eigenvalue weighted by atomic mass is 9.93. The van der Waals surface area contributed by atoms with Gasteiger partial charge in [-0.05, 0) is 36.1 Å². The summed E-state index contributed by atoms with van der Waals surface area (Å²) < 4.78 is 1.19. The van der Waals surface area contributed by atoms with Gasteiger partial charge in [0.1, 0.15) is 0 Å². The van der Waals surface area contributed by atoms with Crippen molar-refractivity contribution in [2.24, 2.45) is 0 Å². The van der Waals surface area contributed by atoms with E-state index < -0.39 is 5.60 Å². The SMILES string of the molecule is OC1(Cc2nc3ccccc3s2)CCc2ccccc21. The van der Waals surface area contributed by atoms with E-state index in [0.717, 1.165) is 28.9 Å². The molecule has 0 saturated carbocycles. The maximum atomic E-state index is 11.0. The van der Waals surface area contributed by atoms with Crippen molar-refractivity contribution in [3.8, 4) is 0 Å². The van der Waals surface area contributed by atoms with Gasteiger partial charge in [-0.3, -0.25) is 0 Å². The summed E-state index contributed by atoms with van der Waals surface area (Å²) in [5, 5.41) is 12.0. The van der Waals surface area contributed by atoms with Gasteiger partial charge >= 0.3 is 0 Å². The average Bonchev–Trinajstić information content (AvgIpc) is 3.01. The number of fused-ring (bicyclic) bond motifs is 2. The third kappa shape index (κ3) is 1.86. The molecule has 1 N–H and O–H groups in total. The highest BCUT2D eigenvalue weighted by atomic mass is 32.1. The van der Waals surface area contributed by atoms with Gasteiger partial charge in [0, 0.05) is 6.42 Å². The number of benzene rings is 2. The Balaban J connectivity index is 1.72. The minimum absolute atomic E-state index is 0.614. The second-order valence-corrected chi connectivity index (χ2v) is 6.56. The minimum atomic E-state index is -0.746. The summed E-state index contributed by atoms with van der Waals surface area (Å²) >= 11 is 1.69. The molecule has 1 aliphatic carbocycles. The lowest BCUT2D eigenvalue weighted by molar-refractivity contribution is 0.0389. The Morgan fingerprint density at radius 2 is 1.90 bits per heavy atom. The molecule has 0 amide bonds. The van der Waals surface area contributed by atoms with Crippen LogP contribution in [0.2, 0.25) is 0 Å². The Hall–Kier alpha value is -1.71. The molecular weight excluding hydrogens is 266 g/mol. The van der Waals surface area contributed by atoms with Gasteiger partial charge in [0.15, 0.2) is 0 Å². The van der Waals surface area contributed by atoms with Crippen molar-refractivity contribution in [1.82, 2.24) is 4.98 Å². The molecule has 0 aliphatic heterocycles. The first-order chi connectivity index (χ1) is 9.74. The first-order valence-electron chi connectivity index (χ1n) is 6.90. The van der Waals surface area contributed by atoms with Crippen LogP contribution < -0.4 is 0 Å². The molecule has 2 aromatic carbocycles. The summed E-state index contributed by atoms with van der Waals surface area (Å²) in [6.45, 7) is 0. The van der Waals surface area contributed by atoms with E-state index in [9.17, 15) is 5.11 Å². The molecule has 20 heavy (non-hydrogen) atoms. The fourth-order valence-corrected chi connectivity index (χ4v) is 4.17. The van der Waals surface area contributed by atoms with E-state index in [0.29, 0.717) is 6.42 Å². The summed E-state index contributed by atoms with van der Waals surface area (Å²) in [5.41, 5.74) is 2.64. The van der Waals surface area contributed by atoms with Crippen LogP contribution in [0.5, 0.6) is 0 Å². The summed E-state index contributed by atoms with van der Waals surface area (Å²) in [7, 11) is 0. The van der Waals surface area contributed by atoms with Gasteiger partial charge in [0.2, 0.25) is 0 Å². The van der Waals surface area contributed by atoms with Crippen LogP contribution in [-0.2, 0) is 18.4 Å². The first kappa shape index (κ1) is 12.1. The first-order valence-corrected chi connectivity index (χ1v) is 7.71. The molecule has 3 aromatic rings. The molecule has 0 spiro atoms. The van der Waals surface area contributed by atoms with E-state index in [4.69, 9.17) is 0 Å². The molecule has 1 atom stereocenters. The Labute approximate surface area is 121 Å². The van der Waals surface area contributed by atoms with E-state index in [1.165, 1.54) is 10.3 Å². The highest BCUT2D eigenvalue weighted by molar-refractivity contribution is 7.18. The van der Waals surface area contributed by atoms with E-state index >= 15 is 0 Å². The summed E-state index contributed by atoms with van der Waals surface area (Å²) in [4.78, 5) is 4.65. The van der Waals surface area contributed by atoms with E-state index in [1.807, 2.05) is 30.3 Å². The van der Waals surface area contributed by atoms with Crippen LogP contribution in [0, 0.1) is 0 Å². The largest absolute Gasteiger partial charge is 0.385 e. The fraction of sp³-hybridized carbons (Fsp3) is 0.235. The maximum Gasteiger partial charge on any atom is 0.0970 e. The topological polar surface area (TPSA) is 33.1 Å². The molecule has 1 aromatic heterocycles. The van der Waals surface area contributed by atoms with Crippen LogP contribution in [-0.4, -0.2) is 10.1 Å². The van der Waals surface area contributed by atoms with Gasteiger partial charge in [-0.15, -0.1) is 11.3 Å². The van der Waals surface area contributed by atoms with Gasteiger partial charge in [0.25, 0.3) is 0 Å². The van der Waals surface area contributed by atoms with Crippen molar-refractivity contribution in [3.63, 3.8) is 0 Å². The lowest BCUT2D eigenvalue weighted by Gasteiger charge is -2.22. The smallest absolute Gasteiger partial charge is 0.0970 e.